The molecular formula is C13H27NO3. The second kappa shape index (κ2) is 7.67. The monoisotopic (exact) mass is 245 g/mol. The molecule has 17 heavy (non-hydrogen) atoms. The van der Waals surface area contributed by atoms with Crippen LogP contribution in [0.2, 0.25) is 0 Å². The van der Waals surface area contributed by atoms with Crippen LogP contribution in [-0.2, 0) is 9.53 Å². The summed E-state index contributed by atoms with van der Waals surface area (Å²) >= 11 is 0. The average Bonchev–Trinajstić information content (AvgIpc) is 2.24. The van der Waals surface area contributed by atoms with E-state index in [4.69, 9.17) is 4.74 Å². The second-order valence-corrected chi connectivity index (χ2v) is 5.49. The van der Waals surface area contributed by atoms with Gasteiger partial charge in [0.1, 0.15) is 6.10 Å². The largest absolute Gasteiger partial charge is 0.391 e. The first-order chi connectivity index (χ1) is 7.79. The molecule has 0 heterocycles. The molecule has 0 aromatic rings. The molecule has 0 aromatic carbocycles. The third-order valence-corrected chi connectivity index (χ3v) is 2.70. The highest BCUT2D eigenvalue weighted by Crippen LogP contribution is 2.18. The van der Waals surface area contributed by atoms with Crippen molar-refractivity contribution < 1.29 is 14.6 Å². The highest BCUT2D eigenvalue weighted by atomic mass is 16.5. The van der Waals surface area contributed by atoms with Crippen molar-refractivity contribution in [1.29, 1.82) is 0 Å². The van der Waals surface area contributed by atoms with Gasteiger partial charge < -0.3 is 15.2 Å². The Morgan fingerprint density at radius 1 is 1.41 bits per heavy atom. The highest BCUT2D eigenvalue weighted by molar-refractivity contribution is 5.80. The minimum atomic E-state index is -0.547. The minimum Gasteiger partial charge on any atom is -0.391 e. The number of carbonyl (C=O) groups is 1. The van der Waals surface area contributed by atoms with E-state index in [0.717, 1.165) is 12.8 Å². The molecule has 2 atom stereocenters. The van der Waals surface area contributed by atoms with Gasteiger partial charge in [0.25, 0.3) is 0 Å². The van der Waals surface area contributed by atoms with Gasteiger partial charge in [-0.15, -0.1) is 0 Å². The van der Waals surface area contributed by atoms with Crippen LogP contribution in [0.1, 0.15) is 47.5 Å². The number of hydrogen-bond donors (Lipinski definition) is 2. The molecule has 2 unspecified atom stereocenters. The van der Waals surface area contributed by atoms with Crippen molar-refractivity contribution in [2.45, 2.75) is 59.7 Å². The number of aliphatic hydroxyl groups is 1. The van der Waals surface area contributed by atoms with E-state index in [0.29, 0.717) is 6.61 Å². The van der Waals surface area contributed by atoms with Gasteiger partial charge in [0.2, 0.25) is 5.91 Å². The quantitative estimate of drug-likeness (QED) is 0.671. The molecule has 2 N–H and O–H groups in total. The second-order valence-electron chi connectivity index (χ2n) is 5.49. The number of nitrogens with one attached hydrogen (secondary N) is 1. The molecule has 0 spiro atoms. The lowest BCUT2D eigenvalue weighted by Gasteiger charge is -2.26. The van der Waals surface area contributed by atoms with Crippen LogP contribution >= 0.6 is 0 Å². The predicted molar refractivity (Wildman–Crippen MR) is 68.8 cm³/mol. The summed E-state index contributed by atoms with van der Waals surface area (Å²) in [5.41, 5.74) is -0.223. The molecular weight excluding hydrogens is 218 g/mol. The van der Waals surface area contributed by atoms with E-state index in [2.05, 4.69) is 12.2 Å². The Morgan fingerprint density at radius 3 is 2.47 bits per heavy atom. The van der Waals surface area contributed by atoms with Crippen molar-refractivity contribution >= 4 is 5.91 Å². The molecule has 0 saturated heterocycles. The maximum Gasteiger partial charge on any atom is 0.248 e. The third kappa shape index (κ3) is 7.34. The minimum absolute atomic E-state index is 0.163. The fraction of sp³-hybridized carbons (Fsp3) is 0.923. The molecule has 0 fully saturated rings. The molecule has 0 bridgehead atoms. The Kier molecular flexibility index (Phi) is 7.39. The van der Waals surface area contributed by atoms with Crippen LogP contribution in [0.4, 0.5) is 0 Å². The van der Waals surface area contributed by atoms with Crippen molar-refractivity contribution in [2.24, 2.45) is 5.41 Å². The molecule has 0 aliphatic heterocycles. The van der Waals surface area contributed by atoms with Crippen LogP contribution in [0.25, 0.3) is 0 Å². The van der Waals surface area contributed by atoms with E-state index in [1.54, 1.807) is 6.92 Å². The van der Waals surface area contributed by atoms with Crippen LogP contribution in [0.5, 0.6) is 0 Å². The fourth-order valence-corrected chi connectivity index (χ4v) is 1.13. The summed E-state index contributed by atoms with van der Waals surface area (Å²) in [6, 6.07) is 0. The Bertz CT molecular complexity index is 223. The summed E-state index contributed by atoms with van der Waals surface area (Å²) in [7, 11) is 0. The standard InChI is InChI=1S/C13H27NO3/c1-6-7-8-17-10(2)12(16)14-9-11(15)13(3,4)5/h10-11,15H,6-9H2,1-5H3,(H,14,16). The van der Waals surface area contributed by atoms with E-state index in [-0.39, 0.29) is 17.9 Å². The summed E-state index contributed by atoms with van der Waals surface area (Å²) in [4.78, 5) is 11.6. The normalized spacial score (nSPS) is 15.4. The lowest BCUT2D eigenvalue weighted by Crippen LogP contribution is -2.43. The summed E-state index contributed by atoms with van der Waals surface area (Å²) in [6.45, 7) is 10.5. The van der Waals surface area contributed by atoms with Crippen LogP contribution in [0, 0.1) is 5.41 Å². The van der Waals surface area contributed by atoms with Gasteiger partial charge >= 0.3 is 0 Å². The number of aliphatic hydroxyl groups excluding tert-OH is 1. The van der Waals surface area contributed by atoms with E-state index >= 15 is 0 Å². The maximum atomic E-state index is 11.6. The molecule has 0 rings (SSSR count). The Hall–Kier alpha value is -0.610. The van der Waals surface area contributed by atoms with Gasteiger partial charge in [0.05, 0.1) is 6.10 Å². The summed E-state index contributed by atoms with van der Waals surface area (Å²) in [5, 5.41) is 12.5. The lowest BCUT2D eigenvalue weighted by atomic mass is 9.89. The van der Waals surface area contributed by atoms with Gasteiger partial charge in [-0.05, 0) is 18.8 Å². The maximum absolute atomic E-state index is 11.6. The highest BCUT2D eigenvalue weighted by Gasteiger charge is 2.23. The van der Waals surface area contributed by atoms with E-state index in [1.165, 1.54) is 0 Å². The van der Waals surface area contributed by atoms with Gasteiger partial charge in [0, 0.05) is 13.2 Å². The summed E-state index contributed by atoms with van der Waals surface area (Å²) < 4.78 is 5.37. The smallest absolute Gasteiger partial charge is 0.248 e. The number of amides is 1. The molecule has 0 aliphatic rings. The van der Waals surface area contributed by atoms with Crippen molar-refractivity contribution in [3.8, 4) is 0 Å². The van der Waals surface area contributed by atoms with Gasteiger partial charge in [-0.1, -0.05) is 34.1 Å². The van der Waals surface area contributed by atoms with E-state index in [9.17, 15) is 9.90 Å². The lowest BCUT2D eigenvalue weighted by molar-refractivity contribution is -0.132. The Morgan fingerprint density at radius 2 is 2.00 bits per heavy atom. The first-order valence-electron chi connectivity index (χ1n) is 6.36. The fourth-order valence-electron chi connectivity index (χ4n) is 1.13. The van der Waals surface area contributed by atoms with E-state index < -0.39 is 12.2 Å². The average molecular weight is 245 g/mol. The Labute approximate surface area is 105 Å². The number of ether oxygens (including phenoxy) is 1. The molecule has 102 valence electrons. The molecule has 1 amide bonds. The van der Waals surface area contributed by atoms with Gasteiger partial charge in [0.15, 0.2) is 0 Å². The number of carbonyl (C=O) groups excluding carboxylic acids is 1. The zero-order chi connectivity index (χ0) is 13.5. The molecule has 0 radical (unpaired) electrons. The number of hydrogen-bond acceptors (Lipinski definition) is 3. The topological polar surface area (TPSA) is 58.6 Å². The van der Waals surface area contributed by atoms with Crippen LogP contribution in [0.15, 0.2) is 0 Å². The molecule has 4 heteroatoms. The van der Waals surface area contributed by atoms with E-state index in [1.807, 2.05) is 20.8 Å². The first kappa shape index (κ1) is 16.4. The third-order valence-electron chi connectivity index (χ3n) is 2.70. The summed E-state index contributed by atoms with van der Waals surface area (Å²) in [6.07, 6.45) is 1.02. The zero-order valence-corrected chi connectivity index (χ0v) is 11.7. The van der Waals surface area contributed by atoms with Crippen molar-refractivity contribution in [1.82, 2.24) is 5.32 Å². The number of unbranched alkanes of at least 4 members (excludes halogenated alkanes) is 1. The number of rotatable bonds is 7. The van der Waals surface area contributed by atoms with Gasteiger partial charge in [-0.3, -0.25) is 4.79 Å². The van der Waals surface area contributed by atoms with Crippen molar-refractivity contribution in [2.75, 3.05) is 13.2 Å². The van der Waals surface area contributed by atoms with Crippen LogP contribution in [0.3, 0.4) is 0 Å². The first-order valence-corrected chi connectivity index (χ1v) is 6.36. The Balaban J connectivity index is 3.85. The zero-order valence-electron chi connectivity index (χ0n) is 11.7. The van der Waals surface area contributed by atoms with Crippen LogP contribution in [-0.4, -0.2) is 36.4 Å². The van der Waals surface area contributed by atoms with Crippen molar-refractivity contribution in [3.63, 3.8) is 0 Å². The predicted octanol–water partition coefficient (Wildman–Crippen LogP) is 1.71. The molecule has 0 saturated carbocycles. The molecule has 0 aliphatic carbocycles. The van der Waals surface area contributed by atoms with Gasteiger partial charge in [-0.25, -0.2) is 0 Å². The molecule has 0 aromatic heterocycles. The van der Waals surface area contributed by atoms with Gasteiger partial charge in [-0.2, -0.15) is 0 Å². The van der Waals surface area contributed by atoms with Crippen molar-refractivity contribution in [3.05, 3.63) is 0 Å². The SMILES string of the molecule is CCCCOC(C)C(=O)NCC(O)C(C)(C)C. The molecule has 4 nitrogen and oxygen atoms in total. The summed E-state index contributed by atoms with van der Waals surface area (Å²) in [5.74, 6) is -0.163. The van der Waals surface area contributed by atoms with Crippen LogP contribution < -0.4 is 5.32 Å².